The van der Waals surface area contributed by atoms with Crippen molar-refractivity contribution >= 4 is 23.4 Å². The van der Waals surface area contributed by atoms with Gasteiger partial charge in [-0.05, 0) is 30.7 Å². The molecule has 33 heavy (non-hydrogen) atoms. The monoisotopic (exact) mass is 468 g/mol. The smallest absolute Gasteiger partial charge is 0.330 e. The number of benzene rings is 1. The van der Waals surface area contributed by atoms with E-state index in [9.17, 15) is 14.4 Å². The van der Waals surface area contributed by atoms with E-state index in [2.05, 4.69) is 48.1 Å². The van der Waals surface area contributed by atoms with E-state index in [4.69, 9.17) is 5.73 Å². The van der Waals surface area contributed by atoms with Gasteiger partial charge in [0.2, 0.25) is 0 Å². The molecule has 174 valence electrons. The van der Waals surface area contributed by atoms with E-state index >= 15 is 0 Å². The maximum absolute atomic E-state index is 12.9. The van der Waals surface area contributed by atoms with E-state index in [1.807, 2.05) is 23.6 Å². The highest BCUT2D eigenvalue weighted by atomic mass is 32.2. The second kappa shape index (κ2) is 8.66. The molecule has 2 aromatic heterocycles. The van der Waals surface area contributed by atoms with Gasteiger partial charge in [0.15, 0.2) is 16.8 Å². The molecule has 9 nitrogen and oxygen atoms in total. The standard InChI is InChI=1S/C23H28N6O3S/c1-5-28-19(13-6-8-14(9-7-13)23(2,3)4)26-27-22(28)33-12-16(30)17-18(24)29(15-10-11-15)21(32)25-20(17)31/h6-9,15H,5,10-12,24H2,1-4H3,(H,25,31,32). The molecule has 1 saturated carbocycles. The van der Waals surface area contributed by atoms with E-state index in [1.54, 1.807) is 0 Å². The second-order valence-corrected chi connectivity index (χ2v) is 10.2. The fourth-order valence-electron chi connectivity index (χ4n) is 3.75. The number of carbonyl (C=O) groups is 1. The minimum absolute atomic E-state index is 0.0444. The van der Waals surface area contributed by atoms with Crippen LogP contribution in [0.5, 0.6) is 0 Å². The topological polar surface area (TPSA) is 129 Å². The minimum Gasteiger partial charge on any atom is -0.384 e. The molecule has 0 radical (unpaired) electrons. The molecule has 0 unspecified atom stereocenters. The third-order valence-corrected chi connectivity index (χ3v) is 6.71. The highest BCUT2D eigenvalue weighted by molar-refractivity contribution is 7.99. The van der Waals surface area contributed by atoms with Crippen LogP contribution in [0, 0.1) is 0 Å². The maximum atomic E-state index is 12.9. The number of carbonyl (C=O) groups excluding carboxylic acids is 1. The first-order chi connectivity index (χ1) is 15.6. The quantitative estimate of drug-likeness (QED) is 0.403. The summed E-state index contributed by atoms with van der Waals surface area (Å²) in [6, 6.07) is 8.17. The molecule has 4 rings (SSSR count). The van der Waals surface area contributed by atoms with Crippen LogP contribution in [0.3, 0.4) is 0 Å². The second-order valence-electron chi connectivity index (χ2n) is 9.21. The molecule has 1 fully saturated rings. The number of anilines is 1. The molecular weight excluding hydrogens is 440 g/mol. The van der Waals surface area contributed by atoms with E-state index in [0.29, 0.717) is 17.5 Å². The van der Waals surface area contributed by atoms with E-state index < -0.39 is 17.0 Å². The van der Waals surface area contributed by atoms with E-state index in [0.717, 1.165) is 18.4 Å². The highest BCUT2D eigenvalue weighted by Gasteiger charge is 2.30. The molecule has 0 aliphatic heterocycles. The SMILES string of the molecule is CCn1c(SCC(=O)c2c(N)n(C3CC3)c(=O)[nH]c2=O)nnc1-c1ccc(C(C)(C)C)cc1. The molecule has 0 amide bonds. The van der Waals surface area contributed by atoms with Gasteiger partial charge in [0.25, 0.3) is 5.56 Å². The van der Waals surface area contributed by atoms with E-state index in [1.165, 1.54) is 21.9 Å². The number of rotatable bonds is 7. The number of ketones is 1. The van der Waals surface area contributed by atoms with Crippen LogP contribution in [0.1, 0.15) is 62.5 Å². The lowest BCUT2D eigenvalue weighted by Crippen LogP contribution is -2.36. The molecule has 0 atom stereocenters. The van der Waals surface area contributed by atoms with Gasteiger partial charge in [-0.1, -0.05) is 56.8 Å². The molecule has 0 spiro atoms. The van der Waals surface area contributed by atoms with Gasteiger partial charge in [-0.25, -0.2) is 4.79 Å². The first-order valence-electron chi connectivity index (χ1n) is 11.0. The number of nitrogen functional groups attached to an aromatic ring is 1. The number of hydrogen-bond donors (Lipinski definition) is 2. The molecule has 0 saturated heterocycles. The number of hydrogen-bond acceptors (Lipinski definition) is 7. The van der Waals surface area contributed by atoms with Crippen molar-refractivity contribution in [1.29, 1.82) is 0 Å². The van der Waals surface area contributed by atoms with Gasteiger partial charge in [-0.2, -0.15) is 0 Å². The van der Waals surface area contributed by atoms with Gasteiger partial charge >= 0.3 is 5.69 Å². The fourth-order valence-corrected chi connectivity index (χ4v) is 4.62. The Morgan fingerprint density at radius 2 is 1.85 bits per heavy atom. The minimum atomic E-state index is -0.753. The molecule has 1 aliphatic carbocycles. The molecule has 1 aromatic carbocycles. The summed E-state index contributed by atoms with van der Waals surface area (Å²) in [6.07, 6.45) is 1.61. The summed E-state index contributed by atoms with van der Waals surface area (Å²) in [5.41, 5.74) is 6.78. The summed E-state index contributed by atoms with van der Waals surface area (Å²) in [5, 5.41) is 9.18. The lowest BCUT2D eigenvalue weighted by atomic mass is 9.87. The van der Waals surface area contributed by atoms with Gasteiger partial charge in [-0.15, -0.1) is 10.2 Å². The number of Topliss-reactive ketones (excluding diaryl/α,β-unsaturated/α-hetero) is 1. The van der Waals surface area contributed by atoms with Crippen molar-refractivity contribution in [2.75, 3.05) is 11.5 Å². The zero-order valence-electron chi connectivity index (χ0n) is 19.2. The molecule has 1 aliphatic rings. The van der Waals surface area contributed by atoms with Crippen molar-refractivity contribution in [3.63, 3.8) is 0 Å². The summed E-state index contributed by atoms with van der Waals surface area (Å²) in [6.45, 7) is 9.09. The lowest BCUT2D eigenvalue weighted by Gasteiger charge is -2.19. The van der Waals surface area contributed by atoms with Crippen LogP contribution in [0.4, 0.5) is 5.82 Å². The lowest BCUT2D eigenvalue weighted by molar-refractivity contribution is 0.102. The van der Waals surface area contributed by atoms with Crippen LogP contribution < -0.4 is 17.0 Å². The summed E-state index contributed by atoms with van der Waals surface area (Å²) in [7, 11) is 0. The average Bonchev–Trinajstić information content (AvgIpc) is 3.49. The number of H-pyrrole nitrogens is 1. The number of thioether (sulfide) groups is 1. The number of nitrogens with two attached hydrogens (primary N) is 1. The van der Waals surface area contributed by atoms with Gasteiger partial charge in [0.1, 0.15) is 11.4 Å². The van der Waals surface area contributed by atoms with Crippen LogP contribution in [0.25, 0.3) is 11.4 Å². The average molecular weight is 469 g/mol. The third-order valence-electron chi connectivity index (χ3n) is 5.75. The van der Waals surface area contributed by atoms with Gasteiger partial charge in [-0.3, -0.25) is 19.1 Å². The number of nitrogens with zero attached hydrogens (tertiary/aromatic N) is 4. The van der Waals surface area contributed by atoms with Crippen LogP contribution in [-0.2, 0) is 12.0 Å². The molecule has 0 bridgehead atoms. The summed E-state index contributed by atoms with van der Waals surface area (Å²) in [4.78, 5) is 39.5. The van der Waals surface area contributed by atoms with Crippen molar-refractivity contribution in [2.45, 2.75) is 63.7 Å². The van der Waals surface area contributed by atoms with Gasteiger partial charge in [0, 0.05) is 18.2 Å². The Morgan fingerprint density at radius 3 is 2.42 bits per heavy atom. The Morgan fingerprint density at radius 1 is 1.18 bits per heavy atom. The van der Waals surface area contributed by atoms with Crippen LogP contribution in [0.2, 0.25) is 0 Å². The van der Waals surface area contributed by atoms with Crippen molar-refractivity contribution in [3.8, 4) is 11.4 Å². The van der Waals surface area contributed by atoms with Crippen molar-refractivity contribution in [2.24, 2.45) is 0 Å². The van der Waals surface area contributed by atoms with Crippen molar-refractivity contribution in [3.05, 3.63) is 56.2 Å². The summed E-state index contributed by atoms with van der Waals surface area (Å²) < 4.78 is 3.25. The van der Waals surface area contributed by atoms with E-state index in [-0.39, 0.29) is 28.6 Å². The number of aromatic nitrogens is 5. The van der Waals surface area contributed by atoms with Crippen LogP contribution in [0.15, 0.2) is 39.0 Å². The Kier molecular flexibility index (Phi) is 6.04. The Labute approximate surface area is 195 Å². The summed E-state index contributed by atoms with van der Waals surface area (Å²) in [5.74, 6) is 0.160. The van der Waals surface area contributed by atoms with Crippen molar-refractivity contribution in [1.82, 2.24) is 24.3 Å². The predicted octanol–water partition coefficient (Wildman–Crippen LogP) is 3.00. The Balaban J connectivity index is 1.56. The highest BCUT2D eigenvalue weighted by Crippen LogP contribution is 2.35. The molecular formula is C23H28N6O3S. The fraction of sp³-hybridized carbons (Fsp3) is 0.435. The van der Waals surface area contributed by atoms with Crippen LogP contribution in [-0.4, -0.2) is 35.9 Å². The van der Waals surface area contributed by atoms with Crippen molar-refractivity contribution < 1.29 is 4.79 Å². The zero-order valence-corrected chi connectivity index (χ0v) is 20.0. The maximum Gasteiger partial charge on any atom is 0.330 e. The molecule has 10 heteroatoms. The molecule has 3 N–H and O–H groups in total. The number of nitrogens with one attached hydrogen (secondary N) is 1. The normalized spacial score (nSPS) is 13.9. The molecule has 3 aromatic rings. The summed E-state index contributed by atoms with van der Waals surface area (Å²) >= 11 is 1.19. The van der Waals surface area contributed by atoms with Gasteiger partial charge < -0.3 is 10.3 Å². The van der Waals surface area contributed by atoms with Gasteiger partial charge in [0.05, 0.1) is 5.75 Å². The first-order valence-corrected chi connectivity index (χ1v) is 11.9. The molecule has 2 heterocycles. The zero-order chi connectivity index (χ0) is 23.9. The predicted molar refractivity (Wildman–Crippen MR) is 129 cm³/mol. The number of aromatic amines is 1. The first kappa shape index (κ1) is 23.0. The largest absolute Gasteiger partial charge is 0.384 e. The third kappa shape index (κ3) is 4.52. The Bertz CT molecular complexity index is 1310. The van der Waals surface area contributed by atoms with Crippen LogP contribution >= 0.6 is 11.8 Å². The Hall–Kier alpha value is -3.14.